The van der Waals surface area contributed by atoms with Crippen LogP contribution in [0.4, 0.5) is 0 Å². The van der Waals surface area contributed by atoms with Crippen LogP contribution in [-0.2, 0) is 19.2 Å². The van der Waals surface area contributed by atoms with Crippen molar-refractivity contribution in [3.63, 3.8) is 0 Å². The molecule has 2 unspecified atom stereocenters. The van der Waals surface area contributed by atoms with E-state index in [4.69, 9.17) is 4.84 Å². The van der Waals surface area contributed by atoms with E-state index in [1.807, 2.05) is 13.0 Å². The average Bonchev–Trinajstić information content (AvgIpc) is 2.82. The van der Waals surface area contributed by atoms with E-state index in [0.717, 1.165) is 44.9 Å². The molecule has 0 bridgehead atoms. The van der Waals surface area contributed by atoms with Gasteiger partial charge in [-0.05, 0) is 84.4 Å². The molecule has 0 spiro atoms. The molecule has 1 amide bonds. The fourth-order valence-electron chi connectivity index (χ4n) is 10.5. The predicted molar refractivity (Wildman–Crippen MR) is 139 cm³/mol. The standard InChI is InChI=1S/C31H44N2O4/c1-18-20-8-9-29(5)23(28(20,4)15-19(17-32)25(18)35)14-22(34)24-21-16-27(2,3)10-12-31(21,26(36)33-37-7)13-11-30(24,29)6/h15,18,20-21,23-24H,8-14,16H2,1-7H3,(H,33,36)/t18-,20-,21?,23+,24?,28-,29+,30+,31-/m0/s1. The summed E-state index contributed by atoms with van der Waals surface area (Å²) in [7, 11) is 1.48. The fourth-order valence-corrected chi connectivity index (χ4v) is 10.5. The van der Waals surface area contributed by atoms with Crippen molar-refractivity contribution in [3.8, 4) is 6.07 Å². The second kappa shape index (κ2) is 8.25. The van der Waals surface area contributed by atoms with Crippen molar-refractivity contribution in [2.24, 2.45) is 56.7 Å². The molecule has 4 saturated carbocycles. The summed E-state index contributed by atoms with van der Waals surface area (Å²) in [6, 6.07) is 2.17. The van der Waals surface area contributed by atoms with E-state index in [9.17, 15) is 19.6 Å². The van der Waals surface area contributed by atoms with E-state index in [-0.39, 0.29) is 74.3 Å². The van der Waals surface area contributed by atoms with Crippen LogP contribution >= 0.6 is 0 Å². The third-order valence-corrected chi connectivity index (χ3v) is 12.8. The number of nitrogens with zero attached hydrogens (tertiary/aromatic N) is 1. The Balaban J connectivity index is 1.62. The maximum Gasteiger partial charge on any atom is 0.250 e. The SMILES string of the molecule is CONC(=O)[C@]12CCC(C)(C)CC1C1C(=O)C[C@@H]3[C@@]4(C)C=C(C#N)C(=O)[C@@H](C)[C@@H]4CC[C@@]3(C)[C@]1(C)CC2. The Kier molecular flexibility index (Phi) is 5.93. The second-order valence-electron chi connectivity index (χ2n) is 14.6. The molecule has 0 heterocycles. The van der Waals surface area contributed by atoms with E-state index in [0.29, 0.717) is 6.42 Å². The van der Waals surface area contributed by atoms with Gasteiger partial charge in [0.05, 0.1) is 18.1 Å². The first kappa shape index (κ1) is 26.6. The van der Waals surface area contributed by atoms with Gasteiger partial charge in [-0.15, -0.1) is 0 Å². The topological polar surface area (TPSA) is 96.3 Å². The van der Waals surface area contributed by atoms with Crippen molar-refractivity contribution in [3.05, 3.63) is 11.6 Å². The Morgan fingerprint density at radius 2 is 1.70 bits per heavy atom. The van der Waals surface area contributed by atoms with E-state index in [2.05, 4.69) is 46.2 Å². The van der Waals surface area contributed by atoms with Gasteiger partial charge in [0.25, 0.3) is 0 Å². The smallest absolute Gasteiger partial charge is 0.250 e. The van der Waals surface area contributed by atoms with E-state index < -0.39 is 5.41 Å². The third kappa shape index (κ3) is 3.35. The summed E-state index contributed by atoms with van der Waals surface area (Å²) in [5.41, 5.74) is 1.68. The minimum absolute atomic E-state index is 0.0157. The van der Waals surface area contributed by atoms with Crippen LogP contribution in [0.1, 0.15) is 92.9 Å². The minimum atomic E-state index is -0.574. The molecular weight excluding hydrogens is 464 g/mol. The molecule has 5 rings (SSSR count). The molecule has 9 atom stereocenters. The predicted octanol–water partition coefficient (Wildman–Crippen LogP) is 5.57. The molecule has 0 aromatic carbocycles. The highest BCUT2D eigenvalue weighted by Gasteiger charge is 2.72. The Bertz CT molecular complexity index is 1120. The van der Waals surface area contributed by atoms with Gasteiger partial charge in [-0.1, -0.05) is 47.6 Å². The number of carbonyl (C=O) groups excluding carboxylic acids is 3. The summed E-state index contributed by atoms with van der Waals surface area (Å²) < 4.78 is 0. The van der Waals surface area contributed by atoms with Crippen LogP contribution in [0.25, 0.3) is 0 Å². The number of amides is 1. The molecule has 6 nitrogen and oxygen atoms in total. The third-order valence-electron chi connectivity index (χ3n) is 12.8. The van der Waals surface area contributed by atoms with Gasteiger partial charge in [0.1, 0.15) is 11.9 Å². The van der Waals surface area contributed by atoms with E-state index in [1.165, 1.54) is 7.11 Å². The highest BCUT2D eigenvalue weighted by molar-refractivity contribution is 6.02. The van der Waals surface area contributed by atoms with Crippen molar-refractivity contribution < 1.29 is 19.2 Å². The molecule has 37 heavy (non-hydrogen) atoms. The number of Topliss-reactive ketones (excluding diaryl/α,β-unsaturated/α-hetero) is 2. The molecule has 0 aromatic rings. The fraction of sp³-hybridized carbons (Fsp3) is 0.806. The minimum Gasteiger partial charge on any atom is -0.299 e. The van der Waals surface area contributed by atoms with Crippen molar-refractivity contribution >= 4 is 17.5 Å². The normalized spacial score (nSPS) is 48.4. The summed E-state index contributed by atoms with van der Waals surface area (Å²) in [4.78, 5) is 46.0. The van der Waals surface area contributed by atoms with Gasteiger partial charge < -0.3 is 0 Å². The van der Waals surface area contributed by atoms with Crippen molar-refractivity contribution in [2.45, 2.75) is 92.9 Å². The number of rotatable bonds is 2. The second-order valence-corrected chi connectivity index (χ2v) is 14.6. The maximum atomic E-state index is 14.4. The number of hydrogen-bond acceptors (Lipinski definition) is 5. The van der Waals surface area contributed by atoms with Gasteiger partial charge in [0.2, 0.25) is 5.91 Å². The van der Waals surface area contributed by atoms with E-state index >= 15 is 0 Å². The summed E-state index contributed by atoms with van der Waals surface area (Å²) in [6.45, 7) is 13.4. The van der Waals surface area contributed by atoms with Crippen molar-refractivity contribution in [1.82, 2.24) is 5.48 Å². The van der Waals surface area contributed by atoms with Crippen LogP contribution in [0.15, 0.2) is 11.6 Å². The van der Waals surface area contributed by atoms with Crippen LogP contribution in [0.5, 0.6) is 0 Å². The van der Waals surface area contributed by atoms with Gasteiger partial charge >= 0.3 is 0 Å². The lowest BCUT2D eigenvalue weighted by atomic mass is 9.32. The van der Waals surface area contributed by atoms with Crippen LogP contribution in [0, 0.1) is 68.0 Å². The molecule has 5 aliphatic rings. The highest BCUT2D eigenvalue weighted by atomic mass is 16.6. The maximum absolute atomic E-state index is 14.4. The quantitative estimate of drug-likeness (QED) is 0.492. The first-order valence-electron chi connectivity index (χ1n) is 14.2. The molecule has 202 valence electrons. The number of nitriles is 1. The van der Waals surface area contributed by atoms with Crippen LogP contribution in [-0.4, -0.2) is 24.6 Å². The van der Waals surface area contributed by atoms with Gasteiger partial charge in [0, 0.05) is 18.3 Å². The summed E-state index contributed by atoms with van der Waals surface area (Å²) in [5.74, 6) is -0.00324. The Hall–Kier alpha value is -2.00. The Labute approximate surface area is 221 Å². The van der Waals surface area contributed by atoms with Gasteiger partial charge in [-0.3, -0.25) is 19.2 Å². The number of carbonyl (C=O) groups is 3. The molecule has 0 saturated heterocycles. The lowest BCUT2D eigenvalue weighted by Crippen LogP contribution is -2.69. The lowest BCUT2D eigenvalue weighted by molar-refractivity contribution is -0.220. The molecule has 5 aliphatic carbocycles. The van der Waals surface area contributed by atoms with Gasteiger partial charge in [-0.25, -0.2) is 5.48 Å². The zero-order valence-corrected chi connectivity index (χ0v) is 23.7. The molecule has 4 fully saturated rings. The largest absolute Gasteiger partial charge is 0.299 e. The van der Waals surface area contributed by atoms with Crippen LogP contribution < -0.4 is 5.48 Å². The number of allylic oxidation sites excluding steroid dienone is 2. The van der Waals surface area contributed by atoms with Gasteiger partial charge in [-0.2, -0.15) is 5.26 Å². The highest BCUT2D eigenvalue weighted by Crippen LogP contribution is 2.75. The lowest BCUT2D eigenvalue weighted by Gasteiger charge is -2.71. The van der Waals surface area contributed by atoms with Crippen LogP contribution in [0.3, 0.4) is 0 Å². The summed E-state index contributed by atoms with van der Waals surface area (Å²) >= 11 is 0. The number of fused-ring (bicyclic) bond motifs is 7. The first-order chi connectivity index (χ1) is 17.2. The number of hydrogen-bond donors (Lipinski definition) is 1. The first-order valence-corrected chi connectivity index (χ1v) is 14.2. The average molecular weight is 509 g/mol. The molecule has 0 aromatic heterocycles. The Morgan fingerprint density at radius 1 is 1.03 bits per heavy atom. The van der Waals surface area contributed by atoms with Gasteiger partial charge in [0.15, 0.2) is 5.78 Å². The van der Waals surface area contributed by atoms with Crippen molar-refractivity contribution in [2.75, 3.05) is 7.11 Å². The molecule has 0 aliphatic heterocycles. The summed E-state index contributed by atoms with van der Waals surface area (Å²) in [6.07, 6.45) is 8.50. The molecule has 1 N–H and O–H groups in total. The number of nitrogens with one attached hydrogen (secondary N) is 1. The molecule has 0 radical (unpaired) electrons. The van der Waals surface area contributed by atoms with E-state index in [1.54, 1.807) is 0 Å². The van der Waals surface area contributed by atoms with Crippen molar-refractivity contribution in [1.29, 1.82) is 5.26 Å². The van der Waals surface area contributed by atoms with Crippen LogP contribution in [0.2, 0.25) is 0 Å². The molecular formula is C31H44N2O4. The zero-order chi connectivity index (χ0) is 27.2. The number of hydroxylamine groups is 1. The molecule has 6 heteroatoms. The number of ketones is 2. The Morgan fingerprint density at radius 3 is 2.35 bits per heavy atom. The summed E-state index contributed by atoms with van der Waals surface area (Å²) in [5, 5.41) is 9.78. The zero-order valence-electron chi connectivity index (χ0n) is 23.7. The monoisotopic (exact) mass is 508 g/mol.